The first-order chi connectivity index (χ1) is 6.52. The van der Waals surface area contributed by atoms with Crippen molar-refractivity contribution in [2.24, 2.45) is 5.92 Å². The van der Waals surface area contributed by atoms with Gasteiger partial charge in [-0.2, -0.15) is 0 Å². The van der Waals surface area contributed by atoms with Crippen LogP contribution in [0.5, 0.6) is 0 Å². The highest BCUT2D eigenvalue weighted by atomic mass is 15.2. The quantitative estimate of drug-likeness (QED) is 0.800. The van der Waals surface area contributed by atoms with Gasteiger partial charge in [-0.05, 0) is 26.7 Å². The summed E-state index contributed by atoms with van der Waals surface area (Å²) < 4.78 is 2.15. The first kappa shape index (κ1) is 11.1. The Kier molecular flexibility index (Phi) is 3.55. The molecular weight excluding hydrogens is 174 g/mol. The zero-order valence-electron chi connectivity index (χ0n) is 9.78. The third-order valence-electron chi connectivity index (χ3n) is 2.58. The summed E-state index contributed by atoms with van der Waals surface area (Å²) in [5.41, 5.74) is 0. The summed E-state index contributed by atoms with van der Waals surface area (Å²) in [6.45, 7) is 10.9. The van der Waals surface area contributed by atoms with Gasteiger partial charge in [-0.25, -0.2) is 4.98 Å². The Morgan fingerprint density at radius 3 is 2.36 bits per heavy atom. The molecule has 0 spiro atoms. The summed E-state index contributed by atoms with van der Waals surface area (Å²) in [7, 11) is 0. The summed E-state index contributed by atoms with van der Waals surface area (Å²) in [4.78, 5) is 4.31. The van der Waals surface area contributed by atoms with Crippen LogP contribution in [0.15, 0.2) is 12.4 Å². The highest BCUT2D eigenvalue weighted by Crippen LogP contribution is 2.15. The van der Waals surface area contributed by atoms with Gasteiger partial charge in [0, 0.05) is 24.5 Å². The number of hydrogen-bond acceptors (Lipinski definition) is 2. The maximum atomic E-state index is 4.31. The maximum Gasteiger partial charge on any atom is 0.203 e. The second kappa shape index (κ2) is 4.49. The standard InChI is InChI=1S/C11H21N3/c1-8(2)10(5)13-11-12-6-7-14(11)9(3)4/h6-10H,1-5H3,(H,12,13). The Hall–Kier alpha value is -0.990. The number of aromatic nitrogens is 2. The van der Waals surface area contributed by atoms with Gasteiger partial charge in [-0.15, -0.1) is 0 Å². The molecule has 0 fully saturated rings. The van der Waals surface area contributed by atoms with E-state index in [-0.39, 0.29) is 0 Å². The number of rotatable bonds is 4. The lowest BCUT2D eigenvalue weighted by Gasteiger charge is -2.20. The van der Waals surface area contributed by atoms with Crippen molar-refractivity contribution in [1.82, 2.24) is 9.55 Å². The molecule has 1 N–H and O–H groups in total. The van der Waals surface area contributed by atoms with Gasteiger partial charge in [0.15, 0.2) is 0 Å². The maximum absolute atomic E-state index is 4.31. The fourth-order valence-corrected chi connectivity index (χ4v) is 1.21. The van der Waals surface area contributed by atoms with Crippen molar-refractivity contribution in [3.63, 3.8) is 0 Å². The normalized spacial score (nSPS) is 13.6. The van der Waals surface area contributed by atoms with Crippen molar-refractivity contribution in [2.45, 2.75) is 46.7 Å². The van der Waals surface area contributed by atoms with Crippen LogP contribution in [0.2, 0.25) is 0 Å². The topological polar surface area (TPSA) is 29.9 Å². The van der Waals surface area contributed by atoms with Gasteiger partial charge in [-0.3, -0.25) is 0 Å². The van der Waals surface area contributed by atoms with E-state index < -0.39 is 0 Å². The molecule has 80 valence electrons. The summed E-state index contributed by atoms with van der Waals surface area (Å²) >= 11 is 0. The van der Waals surface area contributed by atoms with Crippen molar-refractivity contribution in [1.29, 1.82) is 0 Å². The minimum Gasteiger partial charge on any atom is -0.353 e. The van der Waals surface area contributed by atoms with Crippen LogP contribution in [0.3, 0.4) is 0 Å². The van der Waals surface area contributed by atoms with Crippen molar-refractivity contribution in [3.05, 3.63) is 12.4 Å². The van der Waals surface area contributed by atoms with Gasteiger partial charge in [0.1, 0.15) is 0 Å². The van der Waals surface area contributed by atoms with E-state index in [1.54, 1.807) is 0 Å². The molecule has 0 bridgehead atoms. The minimum atomic E-state index is 0.454. The van der Waals surface area contributed by atoms with Crippen LogP contribution in [0.4, 0.5) is 5.95 Å². The third kappa shape index (κ3) is 2.50. The summed E-state index contributed by atoms with van der Waals surface area (Å²) in [6.07, 6.45) is 3.86. The Morgan fingerprint density at radius 2 is 1.86 bits per heavy atom. The molecule has 3 heteroatoms. The van der Waals surface area contributed by atoms with E-state index in [0.717, 1.165) is 5.95 Å². The molecule has 14 heavy (non-hydrogen) atoms. The van der Waals surface area contributed by atoms with Crippen molar-refractivity contribution in [3.8, 4) is 0 Å². The molecule has 3 nitrogen and oxygen atoms in total. The Morgan fingerprint density at radius 1 is 1.21 bits per heavy atom. The number of nitrogens with zero attached hydrogens (tertiary/aromatic N) is 2. The molecule has 0 aromatic carbocycles. The van der Waals surface area contributed by atoms with Gasteiger partial charge in [0.05, 0.1) is 0 Å². The van der Waals surface area contributed by atoms with E-state index in [9.17, 15) is 0 Å². The second-order valence-corrected chi connectivity index (χ2v) is 4.43. The lowest BCUT2D eigenvalue weighted by Crippen LogP contribution is -2.24. The molecular formula is C11H21N3. The lowest BCUT2D eigenvalue weighted by molar-refractivity contribution is 0.540. The summed E-state index contributed by atoms with van der Waals surface area (Å²) in [5, 5.41) is 3.42. The van der Waals surface area contributed by atoms with Gasteiger partial charge < -0.3 is 9.88 Å². The summed E-state index contributed by atoms with van der Waals surface area (Å²) in [6, 6.07) is 0.911. The zero-order valence-corrected chi connectivity index (χ0v) is 9.78. The second-order valence-electron chi connectivity index (χ2n) is 4.43. The van der Waals surface area contributed by atoms with E-state index in [1.807, 2.05) is 12.4 Å². The molecule has 0 amide bonds. The monoisotopic (exact) mass is 195 g/mol. The van der Waals surface area contributed by atoms with Crippen LogP contribution in [-0.2, 0) is 0 Å². The number of hydrogen-bond donors (Lipinski definition) is 1. The van der Waals surface area contributed by atoms with Gasteiger partial charge in [0.2, 0.25) is 5.95 Å². The predicted octanol–water partition coefficient (Wildman–Crippen LogP) is 2.92. The molecule has 0 saturated carbocycles. The van der Waals surface area contributed by atoms with E-state index in [4.69, 9.17) is 0 Å². The molecule has 0 aliphatic rings. The predicted molar refractivity (Wildman–Crippen MR) is 60.5 cm³/mol. The molecule has 1 atom stereocenters. The molecule has 1 aromatic heterocycles. The average molecular weight is 195 g/mol. The smallest absolute Gasteiger partial charge is 0.203 e. The third-order valence-corrected chi connectivity index (χ3v) is 2.58. The molecule has 0 saturated heterocycles. The zero-order chi connectivity index (χ0) is 10.7. The number of anilines is 1. The fraction of sp³-hybridized carbons (Fsp3) is 0.727. The number of imidazole rings is 1. The van der Waals surface area contributed by atoms with Crippen LogP contribution in [0.25, 0.3) is 0 Å². The highest BCUT2D eigenvalue weighted by Gasteiger charge is 2.11. The van der Waals surface area contributed by atoms with Crippen LogP contribution >= 0.6 is 0 Å². The molecule has 1 aromatic rings. The highest BCUT2D eigenvalue weighted by molar-refractivity contribution is 5.28. The van der Waals surface area contributed by atoms with Crippen molar-refractivity contribution in [2.75, 3.05) is 5.32 Å². The fourth-order valence-electron chi connectivity index (χ4n) is 1.21. The van der Waals surface area contributed by atoms with Crippen LogP contribution in [0.1, 0.15) is 40.7 Å². The Balaban J connectivity index is 2.71. The molecule has 1 rings (SSSR count). The first-order valence-electron chi connectivity index (χ1n) is 5.31. The van der Waals surface area contributed by atoms with Crippen LogP contribution < -0.4 is 5.32 Å². The molecule has 0 aliphatic carbocycles. The Labute approximate surface area is 86.5 Å². The molecule has 0 aliphatic heterocycles. The number of nitrogens with one attached hydrogen (secondary N) is 1. The van der Waals surface area contributed by atoms with Gasteiger partial charge in [-0.1, -0.05) is 13.8 Å². The molecule has 1 unspecified atom stereocenters. The van der Waals surface area contributed by atoms with E-state index in [1.165, 1.54) is 0 Å². The first-order valence-corrected chi connectivity index (χ1v) is 5.31. The van der Waals surface area contributed by atoms with E-state index in [0.29, 0.717) is 18.0 Å². The lowest BCUT2D eigenvalue weighted by atomic mass is 10.1. The van der Waals surface area contributed by atoms with Gasteiger partial charge >= 0.3 is 0 Å². The Bertz CT molecular complexity index is 276. The molecule has 0 radical (unpaired) electrons. The largest absolute Gasteiger partial charge is 0.353 e. The molecule has 1 heterocycles. The SMILES string of the molecule is CC(C)C(C)Nc1nccn1C(C)C. The minimum absolute atomic E-state index is 0.454. The average Bonchev–Trinajstić information content (AvgIpc) is 2.52. The van der Waals surface area contributed by atoms with E-state index >= 15 is 0 Å². The van der Waals surface area contributed by atoms with Crippen molar-refractivity contribution >= 4 is 5.95 Å². The van der Waals surface area contributed by atoms with Crippen LogP contribution in [0, 0.1) is 5.92 Å². The van der Waals surface area contributed by atoms with E-state index in [2.05, 4.69) is 49.5 Å². The van der Waals surface area contributed by atoms with Gasteiger partial charge in [0.25, 0.3) is 0 Å². The van der Waals surface area contributed by atoms with Crippen LogP contribution in [-0.4, -0.2) is 15.6 Å². The summed E-state index contributed by atoms with van der Waals surface area (Å²) in [5.74, 6) is 1.59. The van der Waals surface area contributed by atoms with Crippen molar-refractivity contribution < 1.29 is 0 Å².